The Morgan fingerprint density at radius 3 is 2.84 bits per heavy atom. The number of rotatable bonds is 3. The van der Waals surface area contributed by atoms with Gasteiger partial charge in [-0.15, -0.1) is 11.3 Å². The Labute approximate surface area is 121 Å². The van der Waals surface area contributed by atoms with Gasteiger partial charge in [-0.25, -0.2) is 19.3 Å². The molecule has 2 aromatic heterocycles. The summed E-state index contributed by atoms with van der Waals surface area (Å²) in [6, 6.07) is 6.67. The van der Waals surface area contributed by atoms with Gasteiger partial charge in [0.25, 0.3) is 0 Å². The van der Waals surface area contributed by atoms with Crippen molar-refractivity contribution in [3.8, 4) is 0 Å². The van der Waals surface area contributed by atoms with Crippen LogP contribution < -0.4 is 0 Å². The smallest absolute Gasteiger partial charge is 0.175 e. The Bertz CT molecular complexity index is 729. The number of benzene rings is 1. The molecule has 0 aliphatic heterocycles. The van der Waals surface area contributed by atoms with E-state index in [4.69, 9.17) is 0 Å². The second kappa shape index (κ2) is 5.44. The Kier molecular flexibility index (Phi) is 3.67. The van der Waals surface area contributed by atoms with E-state index in [2.05, 4.69) is 15.0 Å². The van der Waals surface area contributed by atoms with E-state index < -0.39 is 0 Å². The number of aromatic nitrogens is 3. The lowest BCUT2D eigenvalue weighted by Crippen LogP contribution is -1.85. The summed E-state index contributed by atoms with van der Waals surface area (Å²) in [5.41, 5.74) is 0.670. The molecule has 19 heavy (non-hydrogen) atoms. The zero-order valence-electron chi connectivity index (χ0n) is 9.83. The van der Waals surface area contributed by atoms with E-state index in [1.807, 2.05) is 12.3 Å². The van der Waals surface area contributed by atoms with Crippen molar-refractivity contribution >= 4 is 45.2 Å². The molecule has 3 aromatic rings. The van der Waals surface area contributed by atoms with E-state index in [1.54, 1.807) is 23.9 Å². The Balaban J connectivity index is 2.05. The van der Waals surface area contributed by atoms with Crippen molar-refractivity contribution in [2.75, 3.05) is 6.26 Å². The molecule has 7 heteroatoms. The van der Waals surface area contributed by atoms with Gasteiger partial charge in [0, 0.05) is 4.90 Å². The summed E-state index contributed by atoms with van der Waals surface area (Å²) in [4.78, 5) is 13.3. The molecule has 0 spiro atoms. The van der Waals surface area contributed by atoms with Crippen LogP contribution >= 0.6 is 34.9 Å². The SMILES string of the molecule is CSc1nc2ncnc(Sc3ccccc3F)c2s1. The first-order valence-corrected chi connectivity index (χ1v) is 8.21. The average molecular weight is 309 g/mol. The van der Waals surface area contributed by atoms with E-state index >= 15 is 0 Å². The minimum Gasteiger partial charge on any atom is -0.228 e. The first-order valence-electron chi connectivity index (χ1n) is 5.36. The van der Waals surface area contributed by atoms with Gasteiger partial charge in [0.2, 0.25) is 0 Å². The van der Waals surface area contributed by atoms with E-state index in [1.165, 1.54) is 35.5 Å². The normalized spacial score (nSPS) is 11.1. The van der Waals surface area contributed by atoms with E-state index in [0.717, 1.165) is 14.1 Å². The standard InChI is InChI=1S/C12H8FN3S3/c1-17-12-16-10-9(19-12)11(15-6-14-10)18-8-5-3-2-4-7(8)13/h2-6H,1H3. The summed E-state index contributed by atoms with van der Waals surface area (Å²) in [7, 11) is 0. The van der Waals surface area contributed by atoms with Gasteiger partial charge in [0.05, 0.1) is 0 Å². The number of halogens is 1. The quantitative estimate of drug-likeness (QED) is 0.538. The maximum Gasteiger partial charge on any atom is 0.175 e. The van der Waals surface area contributed by atoms with Gasteiger partial charge in [0.15, 0.2) is 9.99 Å². The molecule has 0 radical (unpaired) electrons. The molecule has 0 bridgehead atoms. The van der Waals surface area contributed by atoms with Crippen LogP contribution in [0.15, 0.2) is 44.9 Å². The Hall–Kier alpha value is -1.18. The van der Waals surface area contributed by atoms with Gasteiger partial charge >= 0.3 is 0 Å². The molecule has 0 amide bonds. The molecule has 0 aliphatic carbocycles. The number of hydrogen-bond donors (Lipinski definition) is 0. The van der Waals surface area contributed by atoms with Gasteiger partial charge in [0.1, 0.15) is 21.9 Å². The maximum absolute atomic E-state index is 13.7. The molecule has 96 valence electrons. The van der Waals surface area contributed by atoms with Crippen LogP contribution in [-0.2, 0) is 0 Å². The van der Waals surface area contributed by atoms with Crippen molar-refractivity contribution in [3.05, 3.63) is 36.4 Å². The fourth-order valence-electron chi connectivity index (χ4n) is 1.51. The molecule has 0 saturated carbocycles. The first-order chi connectivity index (χ1) is 9.28. The highest BCUT2D eigenvalue weighted by Gasteiger charge is 2.12. The highest BCUT2D eigenvalue weighted by atomic mass is 32.2. The van der Waals surface area contributed by atoms with Gasteiger partial charge in [-0.2, -0.15) is 0 Å². The molecule has 1 aromatic carbocycles. The van der Waals surface area contributed by atoms with E-state index in [-0.39, 0.29) is 5.82 Å². The van der Waals surface area contributed by atoms with Gasteiger partial charge < -0.3 is 0 Å². The summed E-state index contributed by atoms with van der Waals surface area (Å²) in [5.74, 6) is -0.242. The summed E-state index contributed by atoms with van der Waals surface area (Å²) in [6.45, 7) is 0. The summed E-state index contributed by atoms with van der Waals surface area (Å²) in [6.07, 6.45) is 3.43. The number of hydrogen-bond acceptors (Lipinski definition) is 6. The van der Waals surface area contributed by atoms with Crippen molar-refractivity contribution < 1.29 is 4.39 Å². The van der Waals surface area contributed by atoms with Crippen molar-refractivity contribution in [3.63, 3.8) is 0 Å². The third-order valence-corrected chi connectivity index (χ3v) is 5.58. The lowest BCUT2D eigenvalue weighted by Gasteiger charge is -2.01. The molecule has 0 saturated heterocycles. The molecular formula is C12H8FN3S3. The summed E-state index contributed by atoms with van der Waals surface area (Å²) >= 11 is 4.40. The molecule has 2 heterocycles. The van der Waals surface area contributed by atoms with Crippen LogP contribution in [0.5, 0.6) is 0 Å². The molecule has 0 unspecified atom stereocenters. The minimum atomic E-state index is -0.242. The number of nitrogens with zero attached hydrogens (tertiary/aromatic N) is 3. The average Bonchev–Trinajstić information content (AvgIpc) is 2.85. The van der Waals surface area contributed by atoms with Crippen molar-refractivity contribution in [2.24, 2.45) is 0 Å². The Morgan fingerprint density at radius 1 is 1.21 bits per heavy atom. The van der Waals surface area contributed by atoms with Crippen LogP contribution in [-0.4, -0.2) is 21.2 Å². The number of thioether (sulfide) groups is 1. The van der Waals surface area contributed by atoms with Crippen LogP contribution in [0.1, 0.15) is 0 Å². The Morgan fingerprint density at radius 2 is 2.05 bits per heavy atom. The molecule has 0 fully saturated rings. The van der Waals surface area contributed by atoms with Crippen LogP contribution in [0.3, 0.4) is 0 Å². The summed E-state index contributed by atoms with van der Waals surface area (Å²) < 4.78 is 15.5. The van der Waals surface area contributed by atoms with Crippen LogP contribution in [0, 0.1) is 5.82 Å². The summed E-state index contributed by atoms with van der Waals surface area (Å²) in [5, 5.41) is 0.743. The topological polar surface area (TPSA) is 38.7 Å². The van der Waals surface area contributed by atoms with Gasteiger partial charge in [-0.1, -0.05) is 35.7 Å². The van der Waals surface area contributed by atoms with Gasteiger partial charge in [-0.3, -0.25) is 0 Å². The number of fused-ring (bicyclic) bond motifs is 1. The van der Waals surface area contributed by atoms with Crippen molar-refractivity contribution in [2.45, 2.75) is 14.3 Å². The van der Waals surface area contributed by atoms with Crippen LogP contribution in [0.2, 0.25) is 0 Å². The largest absolute Gasteiger partial charge is 0.228 e. The second-order valence-electron chi connectivity index (χ2n) is 3.55. The molecule has 0 aliphatic rings. The number of thiazole rings is 1. The molecule has 3 nitrogen and oxygen atoms in total. The molecule has 0 N–H and O–H groups in total. The predicted molar refractivity (Wildman–Crippen MR) is 77.5 cm³/mol. The minimum absolute atomic E-state index is 0.242. The van der Waals surface area contributed by atoms with E-state index in [9.17, 15) is 4.39 Å². The monoisotopic (exact) mass is 309 g/mol. The highest BCUT2D eigenvalue weighted by Crippen LogP contribution is 2.36. The zero-order valence-corrected chi connectivity index (χ0v) is 12.3. The lowest BCUT2D eigenvalue weighted by molar-refractivity contribution is 0.602. The van der Waals surface area contributed by atoms with Crippen LogP contribution in [0.4, 0.5) is 4.39 Å². The molecule has 0 atom stereocenters. The van der Waals surface area contributed by atoms with E-state index in [0.29, 0.717) is 10.5 Å². The fourth-order valence-corrected chi connectivity index (χ4v) is 3.96. The maximum atomic E-state index is 13.7. The zero-order chi connectivity index (χ0) is 13.2. The predicted octanol–water partition coefficient (Wildman–Crippen LogP) is 4.10. The first kappa shape index (κ1) is 12.8. The molecule has 3 rings (SSSR count). The van der Waals surface area contributed by atoms with Crippen molar-refractivity contribution in [1.82, 2.24) is 15.0 Å². The third-order valence-electron chi connectivity index (χ3n) is 2.36. The fraction of sp³-hybridized carbons (Fsp3) is 0.0833. The lowest BCUT2D eigenvalue weighted by atomic mass is 10.3. The van der Waals surface area contributed by atoms with Crippen molar-refractivity contribution in [1.29, 1.82) is 0 Å². The second-order valence-corrected chi connectivity index (χ2v) is 6.63. The molecular weight excluding hydrogens is 301 g/mol. The third kappa shape index (κ3) is 2.58. The van der Waals surface area contributed by atoms with Gasteiger partial charge in [-0.05, 0) is 18.4 Å². The highest BCUT2D eigenvalue weighted by molar-refractivity contribution is 8.01. The van der Waals surface area contributed by atoms with Crippen LogP contribution in [0.25, 0.3) is 10.3 Å².